The predicted molar refractivity (Wildman–Crippen MR) is 127 cm³/mol. The second-order valence-corrected chi connectivity index (χ2v) is 10.5. The van der Waals surface area contributed by atoms with Crippen molar-refractivity contribution in [2.75, 3.05) is 45.3 Å². The number of piperazine rings is 1. The highest BCUT2D eigenvalue weighted by Gasteiger charge is 2.30. The van der Waals surface area contributed by atoms with Gasteiger partial charge < -0.3 is 14.4 Å². The summed E-state index contributed by atoms with van der Waals surface area (Å²) in [7, 11) is -0.526. The first-order valence-corrected chi connectivity index (χ1v) is 12.8. The lowest BCUT2D eigenvalue weighted by Gasteiger charge is -2.34. The Morgan fingerprint density at radius 2 is 1.76 bits per heavy atom. The van der Waals surface area contributed by atoms with E-state index in [9.17, 15) is 12.8 Å². The summed E-state index contributed by atoms with van der Waals surface area (Å²) in [4.78, 5) is 6.87. The van der Waals surface area contributed by atoms with Gasteiger partial charge in [0.2, 0.25) is 10.0 Å². The predicted octanol–water partition coefficient (Wildman–Crippen LogP) is 3.71. The molecule has 0 amide bonds. The van der Waals surface area contributed by atoms with Crippen LogP contribution in [0.1, 0.15) is 16.8 Å². The summed E-state index contributed by atoms with van der Waals surface area (Å²) in [6.07, 6.45) is 0.657. The number of methoxy groups -OCH3 is 2. The van der Waals surface area contributed by atoms with E-state index in [1.54, 1.807) is 32.5 Å². The number of aryl methyl sites for hydroxylation is 1. The van der Waals surface area contributed by atoms with E-state index >= 15 is 0 Å². The van der Waals surface area contributed by atoms with Crippen molar-refractivity contribution in [2.24, 2.45) is 0 Å². The molecule has 0 bridgehead atoms. The smallest absolute Gasteiger partial charge is 0.243 e. The van der Waals surface area contributed by atoms with Gasteiger partial charge in [0.25, 0.3) is 0 Å². The van der Waals surface area contributed by atoms with Crippen molar-refractivity contribution in [3.8, 4) is 11.5 Å². The fraction of sp³-hybridized carbons (Fsp3) is 0.348. The quantitative estimate of drug-likeness (QED) is 0.502. The Balaban J connectivity index is 1.41. The van der Waals surface area contributed by atoms with E-state index in [-0.39, 0.29) is 4.90 Å². The van der Waals surface area contributed by atoms with E-state index in [4.69, 9.17) is 14.5 Å². The number of thiazole rings is 1. The summed E-state index contributed by atoms with van der Waals surface area (Å²) in [5.41, 5.74) is 2.54. The second-order valence-electron chi connectivity index (χ2n) is 7.79. The molecular formula is C23H26FN3O4S2. The molecule has 0 unspecified atom stereocenters. The SMILES string of the molecule is COc1ccc(Cc2csc(N3CCN(S(=O)(=O)c4cc(F)ccc4C)CC3)n2)cc1OC. The zero-order valence-corrected chi connectivity index (χ0v) is 20.4. The molecule has 1 fully saturated rings. The Kier molecular flexibility index (Phi) is 6.87. The van der Waals surface area contributed by atoms with Crippen LogP contribution in [0.4, 0.5) is 9.52 Å². The number of sulfonamides is 1. The number of nitrogens with zero attached hydrogens (tertiary/aromatic N) is 3. The number of ether oxygens (including phenoxy) is 2. The van der Waals surface area contributed by atoms with Crippen LogP contribution < -0.4 is 14.4 Å². The first-order valence-electron chi connectivity index (χ1n) is 10.5. The van der Waals surface area contributed by atoms with Gasteiger partial charge in [0.05, 0.1) is 24.8 Å². The molecule has 33 heavy (non-hydrogen) atoms. The molecule has 0 saturated carbocycles. The Hall–Kier alpha value is -2.69. The number of hydrogen-bond acceptors (Lipinski definition) is 7. The van der Waals surface area contributed by atoms with Gasteiger partial charge in [-0.1, -0.05) is 12.1 Å². The molecule has 0 radical (unpaired) electrons. The Morgan fingerprint density at radius 1 is 1.03 bits per heavy atom. The molecule has 1 aliphatic rings. The molecule has 10 heteroatoms. The monoisotopic (exact) mass is 491 g/mol. The zero-order chi connectivity index (χ0) is 23.6. The first-order chi connectivity index (χ1) is 15.8. The van der Waals surface area contributed by atoms with Crippen LogP contribution in [0.3, 0.4) is 0 Å². The lowest BCUT2D eigenvalue weighted by Crippen LogP contribution is -2.48. The molecule has 7 nitrogen and oxygen atoms in total. The van der Waals surface area contributed by atoms with Crippen molar-refractivity contribution in [3.05, 3.63) is 64.4 Å². The number of anilines is 1. The minimum Gasteiger partial charge on any atom is -0.493 e. The van der Waals surface area contributed by atoms with Gasteiger partial charge >= 0.3 is 0 Å². The summed E-state index contributed by atoms with van der Waals surface area (Å²) in [5.74, 6) is 0.806. The standard InChI is InChI=1S/C23H26FN3O4S2/c1-16-4-6-18(24)14-22(16)33(28,29)27-10-8-26(9-11-27)23-25-19(15-32-23)12-17-5-7-20(30-2)21(13-17)31-3/h4-7,13-15H,8-12H2,1-3H3. The number of rotatable bonds is 7. The lowest BCUT2D eigenvalue weighted by atomic mass is 10.1. The van der Waals surface area contributed by atoms with E-state index in [0.717, 1.165) is 22.5 Å². The molecule has 0 aliphatic carbocycles. The Morgan fingerprint density at radius 3 is 2.45 bits per heavy atom. The normalized spacial score (nSPS) is 15.0. The molecule has 2 aromatic carbocycles. The Labute approximate surface area is 197 Å². The largest absolute Gasteiger partial charge is 0.493 e. The second kappa shape index (κ2) is 9.66. The van der Waals surface area contributed by atoms with Crippen molar-refractivity contribution in [3.63, 3.8) is 0 Å². The molecule has 4 rings (SSSR count). The number of benzene rings is 2. The van der Waals surface area contributed by atoms with Crippen molar-refractivity contribution in [1.29, 1.82) is 0 Å². The molecule has 1 aromatic heterocycles. The Bertz CT molecular complexity index is 1240. The highest BCUT2D eigenvalue weighted by Crippen LogP contribution is 2.30. The van der Waals surface area contributed by atoms with Crippen LogP contribution in [0.25, 0.3) is 0 Å². The van der Waals surface area contributed by atoms with Gasteiger partial charge in [-0.15, -0.1) is 11.3 Å². The third-order valence-electron chi connectivity index (χ3n) is 5.65. The summed E-state index contributed by atoms with van der Waals surface area (Å²) in [6, 6.07) is 9.66. The van der Waals surface area contributed by atoms with Crippen molar-refractivity contribution in [2.45, 2.75) is 18.2 Å². The van der Waals surface area contributed by atoms with Crippen LogP contribution in [0.2, 0.25) is 0 Å². The van der Waals surface area contributed by atoms with Crippen LogP contribution >= 0.6 is 11.3 Å². The highest BCUT2D eigenvalue weighted by atomic mass is 32.2. The van der Waals surface area contributed by atoms with Crippen LogP contribution in [0, 0.1) is 12.7 Å². The summed E-state index contributed by atoms with van der Waals surface area (Å²) in [6.45, 7) is 3.37. The summed E-state index contributed by atoms with van der Waals surface area (Å²) in [5, 5.41) is 2.88. The average molecular weight is 492 g/mol. The van der Waals surface area contributed by atoms with Crippen LogP contribution in [0.5, 0.6) is 11.5 Å². The van der Waals surface area contributed by atoms with E-state index in [0.29, 0.717) is 49.7 Å². The topological polar surface area (TPSA) is 72.0 Å². The average Bonchev–Trinajstić information content (AvgIpc) is 3.29. The van der Waals surface area contributed by atoms with Gasteiger partial charge in [0.15, 0.2) is 16.6 Å². The molecule has 176 valence electrons. The number of aromatic nitrogens is 1. The molecule has 1 saturated heterocycles. The molecule has 0 spiro atoms. The van der Waals surface area contributed by atoms with Crippen LogP contribution in [0.15, 0.2) is 46.7 Å². The van der Waals surface area contributed by atoms with Gasteiger partial charge in [0.1, 0.15) is 5.82 Å². The lowest BCUT2D eigenvalue weighted by molar-refractivity contribution is 0.354. The minimum absolute atomic E-state index is 0.0300. The van der Waals surface area contributed by atoms with Crippen LogP contribution in [-0.2, 0) is 16.4 Å². The molecule has 2 heterocycles. The highest BCUT2D eigenvalue weighted by molar-refractivity contribution is 7.89. The zero-order valence-electron chi connectivity index (χ0n) is 18.7. The molecular weight excluding hydrogens is 465 g/mol. The molecule has 0 atom stereocenters. The van der Waals surface area contributed by atoms with Gasteiger partial charge in [-0.05, 0) is 42.3 Å². The third-order valence-corrected chi connectivity index (χ3v) is 8.64. The van der Waals surface area contributed by atoms with Gasteiger partial charge in [-0.25, -0.2) is 17.8 Å². The van der Waals surface area contributed by atoms with Crippen molar-refractivity contribution >= 4 is 26.5 Å². The van der Waals surface area contributed by atoms with E-state index in [1.807, 2.05) is 23.6 Å². The van der Waals surface area contributed by atoms with E-state index < -0.39 is 15.8 Å². The summed E-state index contributed by atoms with van der Waals surface area (Å²) >= 11 is 1.54. The maximum atomic E-state index is 13.7. The molecule has 1 aliphatic heterocycles. The van der Waals surface area contributed by atoms with Gasteiger partial charge in [-0.2, -0.15) is 4.31 Å². The first kappa shape index (κ1) is 23.5. The van der Waals surface area contributed by atoms with E-state index in [2.05, 4.69) is 4.90 Å². The summed E-state index contributed by atoms with van der Waals surface area (Å²) < 4.78 is 51.8. The maximum absolute atomic E-state index is 13.7. The fourth-order valence-corrected chi connectivity index (χ4v) is 6.37. The fourth-order valence-electron chi connectivity index (χ4n) is 3.83. The number of halogens is 1. The van der Waals surface area contributed by atoms with Crippen molar-refractivity contribution in [1.82, 2.24) is 9.29 Å². The maximum Gasteiger partial charge on any atom is 0.243 e. The molecule has 3 aromatic rings. The third kappa shape index (κ3) is 4.97. The van der Waals surface area contributed by atoms with Gasteiger partial charge in [-0.3, -0.25) is 0 Å². The van der Waals surface area contributed by atoms with Gasteiger partial charge in [0, 0.05) is 38.0 Å². The molecule has 0 N–H and O–H groups in total. The van der Waals surface area contributed by atoms with E-state index in [1.165, 1.54) is 16.4 Å². The van der Waals surface area contributed by atoms with Crippen LogP contribution in [-0.4, -0.2) is 58.1 Å². The minimum atomic E-state index is -3.74. The number of hydrogen-bond donors (Lipinski definition) is 0. The van der Waals surface area contributed by atoms with Crippen molar-refractivity contribution < 1.29 is 22.3 Å².